The molecule has 1 amide bonds. The maximum Gasteiger partial charge on any atom is 0.251 e. The molecule has 98 valence electrons. The molecule has 0 spiro atoms. The van der Waals surface area contributed by atoms with Crippen molar-refractivity contribution in [3.05, 3.63) is 33.8 Å². The predicted octanol–water partition coefficient (Wildman–Crippen LogP) is 3.77. The fraction of sp³-hybridized carbons (Fsp3) is 0.500. The van der Waals surface area contributed by atoms with E-state index in [-0.39, 0.29) is 5.91 Å². The van der Waals surface area contributed by atoms with Crippen molar-refractivity contribution < 1.29 is 4.79 Å². The van der Waals surface area contributed by atoms with E-state index in [1.165, 1.54) is 6.42 Å². The summed E-state index contributed by atoms with van der Waals surface area (Å²) in [4.78, 5) is 12.1. The van der Waals surface area contributed by atoms with E-state index in [0.29, 0.717) is 11.3 Å². The number of halogens is 1. The van der Waals surface area contributed by atoms with E-state index in [1.54, 1.807) is 0 Å². The average Bonchev–Trinajstić information content (AvgIpc) is 2.80. The van der Waals surface area contributed by atoms with Crippen LogP contribution in [-0.4, -0.2) is 23.5 Å². The normalized spacial score (nSPS) is 23.1. The Labute approximate surface area is 121 Å². The lowest BCUT2D eigenvalue weighted by Crippen LogP contribution is -2.33. The number of carbonyl (C=O) groups excluding carboxylic acids is 1. The van der Waals surface area contributed by atoms with Gasteiger partial charge in [-0.2, -0.15) is 11.8 Å². The molecular formula is C14H18BrNOS. The molecule has 2 unspecified atom stereocenters. The quantitative estimate of drug-likeness (QED) is 0.915. The van der Waals surface area contributed by atoms with Crippen molar-refractivity contribution >= 4 is 33.6 Å². The van der Waals surface area contributed by atoms with Gasteiger partial charge in [-0.25, -0.2) is 0 Å². The van der Waals surface area contributed by atoms with E-state index in [9.17, 15) is 4.79 Å². The van der Waals surface area contributed by atoms with E-state index in [4.69, 9.17) is 0 Å². The van der Waals surface area contributed by atoms with Crippen molar-refractivity contribution in [2.75, 3.05) is 6.26 Å². The van der Waals surface area contributed by atoms with Crippen LogP contribution in [-0.2, 0) is 0 Å². The van der Waals surface area contributed by atoms with Crippen LogP contribution >= 0.6 is 27.7 Å². The fourth-order valence-corrected chi connectivity index (χ4v) is 3.46. The Bertz CT molecular complexity index is 449. The van der Waals surface area contributed by atoms with Gasteiger partial charge in [0.05, 0.1) is 0 Å². The summed E-state index contributed by atoms with van der Waals surface area (Å²) in [6.07, 6.45) is 5.56. The molecule has 0 saturated heterocycles. The zero-order chi connectivity index (χ0) is 13.1. The molecule has 2 rings (SSSR count). The summed E-state index contributed by atoms with van der Waals surface area (Å²) in [6.45, 7) is 2.02. The van der Waals surface area contributed by atoms with Crippen molar-refractivity contribution in [1.82, 2.24) is 5.32 Å². The fourth-order valence-electron chi connectivity index (χ4n) is 2.29. The first kappa shape index (κ1) is 13.9. The molecule has 1 aromatic rings. The summed E-state index contributed by atoms with van der Waals surface area (Å²) in [5.41, 5.74) is 1.88. The number of thioether (sulfide) groups is 1. The molecular weight excluding hydrogens is 310 g/mol. The largest absolute Gasteiger partial charge is 0.349 e. The van der Waals surface area contributed by atoms with Gasteiger partial charge in [0.25, 0.3) is 5.91 Å². The predicted molar refractivity (Wildman–Crippen MR) is 81.3 cm³/mol. The Morgan fingerprint density at radius 3 is 2.83 bits per heavy atom. The van der Waals surface area contributed by atoms with Crippen LogP contribution in [0.25, 0.3) is 0 Å². The second kappa shape index (κ2) is 6.11. The third kappa shape index (κ3) is 3.29. The van der Waals surface area contributed by atoms with Gasteiger partial charge >= 0.3 is 0 Å². The molecule has 1 saturated carbocycles. The van der Waals surface area contributed by atoms with Gasteiger partial charge in [-0.05, 0) is 50.1 Å². The smallest absolute Gasteiger partial charge is 0.251 e. The highest BCUT2D eigenvalue weighted by atomic mass is 79.9. The standard InChI is InChI=1S/C14H18BrNOS/c1-9-3-4-10(7-13(9)15)14(17)16-11-5-6-12(8-11)18-2/h3-4,7,11-12H,5-6,8H2,1-2H3,(H,16,17). The van der Waals surface area contributed by atoms with Crippen LogP contribution in [0.15, 0.2) is 22.7 Å². The van der Waals surface area contributed by atoms with E-state index in [2.05, 4.69) is 27.5 Å². The summed E-state index contributed by atoms with van der Waals surface area (Å²) in [6, 6.07) is 6.09. The van der Waals surface area contributed by atoms with E-state index < -0.39 is 0 Å². The maximum atomic E-state index is 12.1. The zero-order valence-electron chi connectivity index (χ0n) is 10.7. The van der Waals surface area contributed by atoms with Crippen LogP contribution in [0, 0.1) is 6.92 Å². The summed E-state index contributed by atoms with van der Waals surface area (Å²) in [5.74, 6) is 0.0439. The highest BCUT2D eigenvalue weighted by Gasteiger charge is 2.25. The molecule has 0 bridgehead atoms. The molecule has 1 N–H and O–H groups in total. The van der Waals surface area contributed by atoms with E-state index >= 15 is 0 Å². The van der Waals surface area contributed by atoms with Crippen LogP contribution in [0.3, 0.4) is 0 Å². The van der Waals surface area contributed by atoms with Gasteiger partial charge in [0, 0.05) is 21.3 Å². The second-order valence-electron chi connectivity index (χ2n) is 4.81. The molecule has 0 aromatic heterocycles. The van der Waals surface area contributed by atoms with Gasteiger partial charge in [-0.15, -0.1) is 0 Å². The number of aryl methyl sites for hydroxylation is 1. The van der Waals surface area contributed by atoms with Gasteiger partial charge in [0.1, 0.15) is 0 Å². The number of nitrogens with one attached hydrogen (secondary N) is 1. The van der Waals surface area contributed by atoms with Crippen molar-refractivity contribution in [2.24, 2.45) is 0 Å². The lowest BCUT2D eigenvalue weighted by Gasteiger charge is -2.13. The molecule has 0 radical (unpaired) electrons. The van der Waals surface area contributed by atoms with Crippen LogP contribution in [0.1, 0.15) is 35.2 Å². The zero-order valence-corrected chi connectivity index (χ0v) is 13.1. The highest BCUT2D eigenvalue weighted by molar-refractivity contribution is 9.10. The number of hydrogen-bond donors (Lipinski definition) is 1. The molecule has 1 aliphatic rings. The topological polar surface area (TPSA) is 29.1 Å². The minimum atomic E-state index is 0.0439. The lowest BCUT2D eigenvalue weighted by molar-refractivity contribution is 0.0938. The van der Waals surface area contributed by atoms with Gasteiger partial charge in [-0.3, -0.25) is 4.79 Å². The number of benzene rings is 1. The summed E-state index contributed by atoms with van der Waals surface area (Å²) in [5, 5.41) is 3.84. The minimum Gasteiger partial charge on any atom is -0.349 e. The summed E-state index contributed by atoms with van der Waals surface area (Å²) in [7, 11) is 0. The van der Waals surface area contributed by atoms with Crippen molar-refractivity contribution in [1.29, 1.82) is 0 Å². The van der Waals surface area contributed by atoms with Crippen molar-refractivity contribution in [2.45, 2.75) is 37.5 Å². The van der Waals surface area contributed by atoms with Gasteiger partial charge < -0.3 is 5.32 Å². The Morgan fingerprint density at radius 2 is 2.22 bits per heavy atom. The Balaban J connectivity index is 1.97. The van der Waals surface area contributed by atoms with E-state index in [1.807, 2.05) is 36.9 Å². The minimum absolute atomic E-state index is 0.0439. The molecule has 0 heterocycles. The molecule has 1 fully saturated rings. The van der Waals surface area contributed by atoms with Crippen LogP contribution in [0.4, 0.5) is 0 Å². The van der Waals surface area contributed by atoms with Crippen LogP contribution in [0.2, 0.25) is 0 Å². The summed E-state index contributed by atoms with van der Waals surface area (Å²) < 4.78 is 0.989. The van der Waals surface area contributed by atoms with Crippen LogP contribution < -0.4 is 5.32 Å². The number of carbonyl (C=O) groups is 1. The SMILES string of the molecule is CSC1CCC(NC(=O)c2ccc(C)c(Br)c2)C1. The first-order valence-corrected chi connectivity index (χ1v) is 8.28. The first-order valence-electron chi connectivity index (χ1n) is 6.20. The number of hydrogen-bond acceptors (Lipinski definition) is 2. The van der Waals surface area contributed by atoms with Gasteiger partial charge in [-0.1, -0.05) is 22.0 Å². The van der Waals surface area contributed by atoms with Crippen LogP contribution in [0.5, 0.6) is 0 Å². The molecule has 18 heavy (non-hydrogen) atoms. The highest BCUT2D eigenvalue weighted by Crippen LogP contribution is 2.28. The Hall–Kier alpha value is -0.480. The summed E-state index contributed by atoms with van der Waals surface area (Å²) >= 11 is 5.37. The molecule has 4 heteroatoms. The van der Waals surface area contributed by atoms with Gasteiger partial charge in [0.2, 0.25) is 0 Å². The molecule has 1 aliphatic carbocycles. The van der Waals surface area contributed by atoms with Gasteiger partial charge in [0.15, 0.2) is 0 Å². The first-order chi connectivity index (χ1) is 8.60. The lowest BCUT2D eigenvalue weighted by atomic mass is 10.1. The Morgan fingerprint density at radius 1 is 1.44 bits per heavy atom. The third-order valence-electron chi connectivity index (χ3n) is 3.49. The second-order valence-corrected chi connectivity index (χ2v) is 6.80. The van der Waals surface area contributed by atoms with E-state index in [0.717, 1.165) is 28.4 Å². The van der Waals surface area contributed by atoms with Crippen molar-refractivity contribution in [3.8, 4) is 0 Å². The molecule has 2 atom stereocenters. The molecule has 2 nitrogen and oxygen atoms in total. The number of rotatable bonds is 3. The monoisotopic (exact) mass is 327 g/mol. The number of amides is 1. The van der Waals surface area contributed by atoms with Crippen molar-refractivity contribution in [3.63, 3.8) is 0 Å². The molecule has 1 aromatic carbocycles. The third-order valence-corrected chi connectivity index (χ3v) is 5.44. The average molecular weight is 328 g/mol. The molecule has 0 aliphatic heterocycles. The maximum absolute atomic E-state index is 12.1. The Kier molecular flexibility index (Phi) is 4.73.